The number of fused-ring (bicyclic) bond motifs is 3. The van der Waals surface area contributed by atoms with Gasteiger partial charge >= 0.3 is 5.97 Å². The lowest BCUT2D eigenvalue weighted by Crippen LogP contribution is -2.10. The maximum absolute atomic E-state index is 11.9. The number of methoxy groups -OCH3 is 1. The molecule has 1 aromatic carbocycles. The van der Waals surface area contributed by atoms with E-state index in [2.05, 4.69) is 37.6 Å². The molecule has 0 amide bonds. The molecule has 0 radical (unpaired) electrons. The number of nitrogens with zero attached hydrogens (tertiary/aromatic N) is 4. The Labute approximate surface area is 183 Å². The van der Waals surface area contributed by atoms with Gasteiger partial charge in [-0.1, -0.05) is 22.0 Å². The zero-order chi connectivity index (χ0) is 20.7. The van der Waals surface area contributed by atoms with Crippen molar-refractivity contribution in [2.45, 2.75) is 37.6 Å². The SMILES string of the molecule is COC(=O)CC[C@@H]1N=C(c2ccccn2)c2cc(Br)ccc2-n2c(C3CC3)cnc21. The summed E-state index contributed by atoms with van der Waals surface area (Å²) >= 11 is 3.62. The van der Waals surface area contributed by atoms with Gasteiger partial charge in [0, 0.05) is 40.5 Å². The molecule has 1 atom stereocenters. The van der Waals surface area contributed by atoms with Crippen LogP contribution in [0.25, 0.3) is 5.69 Å². The van der Waals surface area contributed by atoms with Gasteiger partial charge < -0.3 is 4.74 Å². The van der Waals surface area contributed by atoms with Crippen molar-refractivity contribution < 1.29 is 9.53 Å². The molecule has 2 aromatic heterocycles. The fourth-order valence-corrected chi connectivity index (χ4v) is 4.34. The van der Waals surface area contributed by atoms with Crippen molar-refractivity contribution in [2.24, 2.45) is 4.99 Å². The molecule has 0 spiro atoms. The number of esters is 1. The summed E-state index contributed by atoms with van der Waals surface area (Å²) in [6.45, 7) is 0. The summed E-state index contributed by atoms with van der Waals surface area (Å²) in [5.41, 5.74) is 4.89. The number of hydrogen-bond acceptors (Lipinski definition) is 5. The summed E-state index contributed by atoms with van der Waals surface area (Å²) in [6, 6.07) is 11.8. The Kier molecular flexibility index (Phi) is 4.98. The number of rotatable bonds is 5. The molecule has 0 saturated heterocycles. The van der Waals surface area contributed by atoms with Crippen LogP contribution in [0.5, 0.6) is 0 Å². The summed E-state index contributed by atoms with van der Waals surface area (Å²) in [4.78, 5) is 26.3. The van der Waals surface area contributed by atoms with Crippen molar-refractivity contribution in [2.75, 3.05) is 7.11 Å². The smallest absolute Gasteiger partial charge is 0.305 e. The van der Waals surface area contributed by atoms with Gasteiger partial charge in [0.05, 0.1) is 24.2 Å². The van der Waals surface area contributed by atoms with E-state index in [1.54, 1.807) is 6.20 Å². The monoisotopic (exact) mass is 464 g/mol. The highest BCUT2D eigenvalue weighted by Crippen LogP contribution is 2.44. The normalized spacial score (nSPS) is 17.5. The third-order valence-electron chi connectivity index (χ3n) is 5.61. The average molecular weight is 465 g/mol. The van der Waals surface area contributed by atoms with Crippen LogP contribution < -0.4 is 0 Å². The first-order valence-corrected chi connectivity index (χ1v) is 10.9. The minimum Gasteiger partial charge on any atom is -0.469 e. The van der Waals surface area contributed by atoms with Crippen molar-refractivity contribution in [1.82, 2.24) is 14.5 Å². The highest BCUT2D eigenvalue weighted by atomic mass is 79.9. The van der Waals surface area contributed by atoms with E-state index in [4.69, 9.17) is 14.7 Å². The molecule has 2 aliphatic rings. The van der Waals surface area contributed by atoms with Crippen LogP contribution in [0.15, 0.2) is 58.3 Å². The van der Waals surface area contributed by atoms with E-state index in [9.17, 15) is 4.79 Å². The second-order valence-electron chi connectivity index (χ2n) is 7.64. The number of ether oxygens (including phenoxy) is 1. The number of hydrogen-bond donors (Lipinski definition) is 0. The number of imidazole rings is 1. The number of pyridine rings is 1. The molecular weight excluding hydrogens is 444 g/mol. The second kappa shape index (κ2) is 7.80. The predicted molar refractivity (Wildman–Crippen MR) is 117 cm³/mol. The standard InChI is InChI=1S/C23H21BrN4O2/c1-30-21(29)10-8-18-23-26-13-20(14-5-6-14)28(23)19-9-7-15(24)12-16(19)22(27-18)17-4-2-3-11-25-17/h2-4,7,9,11-14,18H,5-6,8,10H2,1H3/t18-/m0/s1. The molecule has 6 nitrogen and oxygen atoms in total. The van der Waals surface area contributed by atoms with Gasteiger partial charge in [0.15, 0.2) is 0 Å². The molecule has 5 rings (SSSR count). The summed E-state index contributed by atoms with van der Waals surface area (Å²) in [6.07, 6.45) is 6.92. The third-order valence-corrected chi connectivity index (χ3v) is 6.10. The van der Waals surface area contributed by atoms with Gasteiger partial charge in [-0.15, -0.1) is 0 Å². The number of carbonyl (C=O) groups excluding carboxylic acids is 1. The van der Waals surface area contributed by atoms with Crippen LogP contribution in [0.1, 0.15) is 60.4 Å². The Hall–Kier alpha value is -2.80. The average Bonchev–Trinajstić information content (AvgIpc) is 3.55. The van der Waals surface area contributed by atoms with Crippen molar-refractivity contribution in [3.05, 3.63) is 76.0 Å². The molecule has 1 aliphatic heterocycles. The van der Waals surface area contributed by atoms with Crippen LogP contribution in [0.3, 0.4) is 0 Å². The fraction of sp³-hybridized carbons (Fsp3) is 0.304. The van der Waals surface area contributed by atoms with Crippen LogP contribution in [-0.4, -0.2) is 33.3 Å². The van der Waals surface area contributed by atoms with Gasteiger partial charge in [-0.2, -0.15) is 0 Å². The first-order valence-electron chi connectivity index (χ1n) is 10.1. The minimum absolute atomic E-state index is 0.241. The van der Waals surface area contributed by atoms with E-state index in [1.165, 1.54) is 25.6 Å². The Morgan fingerprint density at radius 2 is 2.10 bits per heavy atom. The van der Waals surface area contributed by atoms with Crippen LogP contribution in [0.4, 0.5) is 0 Å². The lowest BCUT2D eigenvalue weighted by atomic mass is 10.0. The number of carbonyl (C=O) groups is 1. The Balaban J connectivity index is 1.72. The maximum Gasteiger partial charge on any atom is 0.305 e. The van der Waals surface area contributed by atoms with Crippen LogP contribution >= 0.6 is 15.9 Å². The molecule has 1 saturated carbocycles. The van der Waals surface area contributed by atoms with E-state index >= 15 is 0 Å². The first-order chi connectivity index (χ1) is 14.7. The maximum atomic E-state index is 11.9. The number of aliphatic imine (C=N–C) groups is 1. The largest absolute Gasteiger partial charge is 0.469 e. The zero-order valence-corrected chi connectivity index (χ0v) is 18.2. The topological polar surface area (TPSA) is 69.4 Å². The van der Waals surface area contributed by atoms with E-state index in [0.717, 1.165) is 33.0 Å². The lowest BCUT2D eigenvalue weighted by molar-refractivity contribution is -0.140. The molecule has 1 aliphatic carbocycles. The van der Waals surface area contributed by atoms with Crippen LogP contribution in [0, 0.1) is 0 Å². The fourth-order valence-electron chi connectivity index (χ4n) is 3.98. The number of halogens is 1. The molecule has 3 heterocycles. The quantitative estimate of drug-likeness (QED) is 0.510. The van der Waals surface area contributed by atoms with Crippen molar-refractivity contribution in [1.29, 1.82) is 0 Å². The van der Waals surface area contributed by atoms with Crippen LogP contribution in [0.2, 0.25) is 0 Å². The highest BCUT2D eigenvalue weighted by Gasteiger charge is 2.34. The van der Waals surface area contributed by atoms with E-state index in [1.807, 2.05) is 30.5 Å². The summed E-state index contributed by atoms with van der Waals surface area (Å²) in [5.74, 6) is 1.16. The molecule has 7 heteroatoms. The van der Waals surface area contributed by atoms with Gasteiger partial charge in [-0.05, 0) is 49.6 Å². The van der Waals surface area contributed by atoms with Crippen molar-refractivity contribution in [3.63, 3.8) is 0 Å². The minimum atomic E-state index is -0.264. The number of benzene rings is 1. The van der Waals surface area contributed by atoms with Crippen molar-refractivity contribution >= 4 is 27.6 Å². The van der Waals surface area contributed by atoms with E-state index < -0.39 is 0 Å². The molecule has 0 bridgehead atoms. The second-order valence-corrected chi connectivity index (χ2v) is 8.55. The third kappa shape index (κ3) is 3.47. The summed E-state index contributed by atoms with van der Waals surface area (Å²) < 4.78 is 8.10. The van der Waals surface area contributed by atoms with Gasteiger partial charge in [0.2, 0.25) is 0 Å². The van der Waals surface area contributed by atoms with Gasteiger partial charge in [0.1, 0.15) is 11.9 Å². The molecule has 152 valence electrons. The van der Waals surface area contributed by atoms with Gasteiger partial charge in [-0.25, -0.2) is 4.98 Å². The predicted octanol–water partition coefficient (Wildman–Crippen LogP) is 4.75. The Morgan fingerprint density at radius 3 is 2.83 bits per heavy atom. The molecular formula is C23H21BrN4O2. The Morgan fingerprint density at radius 1 is 1.23 bits per heavy atom. The number of aromatic nitrogens is 3. The molecule has 30 heavy (non-hydrogen) atoms. The highest BCUT2D eigenvalue weighted by molar-refractivity contribution is 9.10. The van der Waals surface area contributed by atoms with Crippen molar-refractivity contribution in [3.8, 4) is 5.69 Å². The van der Waals surface area contributed by atoms with E-state index in [-0.39, 0.29) is 18.4 Å². The van der Waals surface area contributed by atoms with Gasteiger partial charge in [-0.3, -0.25) is 19.3 Å². The lowest BCUT2D eigenvalue weighted by Gasteiger charge is -2.15. The molecule has 3 aromatic rings. The first kappa shape index (κ1) is 19.2. The summed E-state index contributed by atoms with van der Waals surface area (Å²) in [5, 5.41) is 0. The summed E-state index contributed by atoms with van der Waals surface area (Å²) in [7, 11) is 1.41. The zero-order valence-electron chi connectivity index (χ0n) is 16.6. The Bertz CT molecular complexity index is 1140. The molecule has 0 N–H and O–H groups in total. The van der Waals surface area contributed by atoms with E-state index in [0.29, 0.717) is 12.3 Å². The molecule has 1 fully saturated rings. The molecule has 0 unspecified atom stereocenters. The van der Waals surface area contributed by atoms with Crippen LogP contribution in [-0.2, 0) is 9.53 Å². The van der Waals surface area contributed by atoms with Gasteiger partial charge in [0.25, 0.3) is 0 Å².